The summed E-state index contributed by atoms with van der Waals surface area (Å²) < 4.78 is 3.34. The largest absolute Gasteiger partial charge is 0.179 e. The molecule has 0 fully saturated rings. The van der Waals surface area contributed by atoms with Crippen LogP contribution in [0.1, 0.15) is 17.5 Å². The summed E-state index contributed by atoms with van der Waals surface area (Å²) in [6.45, 7) is 0. The Kier molecular flexibility index (Phi) is 15.8. The summed E-state index contributed by atoms with van der Waals surface area (Å²) in [5.74, 6) is 0. The molecule has 2 aliphatic rings. The smallest absolute Gasteiger partial charge is 0.0253 e. The Morgan fingerprint density at radius 3 is 2.10 bits per heavy atom. The standard InChI is InChI=1S/C13H9.C6H4Cl.C5H5.CH2.2ClH.Zr/c1-3-7-12-10(5-1)9-11-6-2-4-8-13(11)12;7-6-4-2-1-3-5-6;1-2-4-5-3-1;;;;/h1-5,7-8H,9H2;2-5H;1-3H,4H2;1H2;2*1H;/q3*-1;;;;. The predicted molar refractivity (Wildman–Crippen MR) is 127 cm³/mol. The first-order chi connectivity index (χ1) is 13.3. The van der Waals surface area contributed by atoms with Crippen molar-refractivity contribution >= 4 is 40.6 Å². The first-order valence-corrected chi connectivity index (χ1v) is 10.7. The molecule has 0 radical (unpaired) electrons. The molecule has 0 nitrogen and oxygen atoms in total. The van der Waals surface area contributed by atoms with E-state index in [9.17, 15) is 0 Å². The number of halogens is 3. The van der Waals surface area contributed by atoms with Crippen molar-refractivity contribution in [2.45, 2.75) is 12.8 Å². The van der Waals surface area contributed by atoms with Crippen molar-refractivity contribution < 1.29 is 24.2 Å². The Bertz CT molecular complexity index is 836. The molecular formula is C25H22Cl3Zr-3. The molecular weight excluding hydrogens is 498 g/mol. The minimum absolute atomic E-state index is 0. The number of benzene rings is 3. The fourth-order valence-corrected chi connectivity index (χ4v) is 2.83. The topological polar surface area (TPSA) is 0 Å². The summed E-state index contributed by atoms with van der Waals surface area (Å²) in [6, 6.07) is 28.1. The monoisotopic (exact) mass is 517 g/mol. The summed E-state index contributed by atoms with van der Waals surface area (Å²) in [6.07, 6.45) is 11.0. The van der Waals surface area contributed by atoms with Gasteiger partial charge in [-0.15, -0.1) is 48.4 Å². The van der Waals surface area contributed by atoms with Gasteiger partial charge in [0, 0.05) is 0 Å². The van der Waals surface area contributed by atoms with Gasteiger partial charge in [0.15, 0.2) is 0 Å². The van der Waals surface area contributed by atoms with Crippen molar-refractivity contribution in [1.82, 2.24) is 0 Å². The maximum atomic E-state index is 5.52. The van der Waals surface area contributed by atoms with Crippen LogP contribution < -0.4 is 0 Å². The SMILES string of the molecule is Cl.Cl.Clc1cc[c-]cc1.[C-]1=CC=CC1.[CH2]=[Zr].[c-]1cccc2c1Cc1ccccc1-2. The molecule has 3 aromatic rings. The molecule has 150 valence electrons. The molecule has 0 spiro atoms. The molecule has 0 N–H and O–H groups in total. The van der Waals surface area contributed by atoms with Crippen LogP contribution in [0, 0.1) is 18.2 Å². The summed E-state index contributed by atoms with van der Waals surface area (Å²) in [5, 5.41) is 0.763. The third-order valence-corrected chi connectivity index (χ3v) is 4.13. The van der Waals surface area contributed by atoms with E-state index in [1.54, 1.807) is 24.3 Å². The van der Waals surface area contributed by atoms with Gasteiger partial charge in [-0.1, -0.05) is 40.4 Å². The van der Waals surface area contributed by atoms with E-state index in [0.29, 0.717) is 0 Å². The van der Waals surface area contributed by atoms with Crippen LogP contribution >= 0.6 is 36.4 Å². The van der Waals surface area contributed by atoms with Gasteiger partial charge in [-0.2, -0.15) is 66.2 Å². The van der Waals surface area contributed by atoms with Crippen LogP contribution in [0.2, 0.25) is 5.02 Å². The molecule has 2 aliphatic carbocycles. The van der Waals surface area contributed by atoms with Gasteiger partial charge in [-0.25, -0.2) is 12.2 Å². The van der Waals surface area contributed by atoms with E-state index in [1.807, 2.05) is 18.2 Å². The molecule has 0 bridgehead atoms. The van der Waals surface area contributed by atoms with Gasteiger partial charge >= 0.3 is 28.4 Å². The number of rotatable bonds is 0. The van der Waals surface area contributed by atoms with Crippen LogP contribution in [0.15, 0.2) is 85.0 Å². The second kappa shape index (κ2) is 16.5. The minimum Gasteiger partial charge on any atom is -0.179 e. The predicted octanol–water partition coefficient (Wildman–Crippen LogP) is 7.31. The molecule has 29 heavy (non-hydrogen) atoms. The minimum atomic E-state index is 0. The normalized spacial score (nSPS) is 10.8. The fraction of sp³-hybridized carbons (Fsp3) is 0.0800. The Morgan fingerprint density at radius 2 is 1.55 bits per heavy atom. The van der Waals surface area contributed by atoms with E-state index in [2.05, 4.69) is 64.9 Å². The summed E-state index contributed by atoms with van der Waals surface area (Å²) in [5.41, 5.74) is 5.51. The average Bonchev–Trinajstić information content (AvgIpc) is 3.42. The fourth-order valence-electron chi connectivity index (χ4n) is 2.70. The molecule has 0 saturated heterocycles. The van der Waals surface area contributed by atoms with Gasteiger partial charge in [0.05, 0.1) is 0 Å². The molecule has 3 aromatic carbocycles. The molecule has 5 rings (SSSR count). The van der Waals surface area contributed by atoms with Crippen molar-refractivity contribution in [2.24, 2.45) is 0 Å². The van der Waals surface area contributed by atoms with Crippen LogP contribution in [0.4, 0.5) is 0 Å². The van der Waals surface area contributed by atoms with E-state index < -0.39 is 0 Å². The maximum absolute atomic E-state index is 5.52. The van der Waals surface area contributed by atoms with Crippen molar-refractivity contribution in [3.63, 3.8) is 0 Å². The van der Waals surface area contributed by atoms with Crippen LogP contribution in [-0.4, -0.2) is 4.21 Å². The zero-order chi connectivity index (χ0) is 19.3. The third kappa shape index (κ3) is 9.41. The Morgan fingerprint density at radius 1 is 0.862 bits per heavy atom. The summed E-state index contributed by atoms with van der Waals surface area (Å²) in [7, 11) is 0. The number of hydrogen-bond acceptors (Lipinski definition) is 0. The zero-order valence-corrected chi connectivity index (χ0v) is 20.7. The molecule has 0 unspecified atom stereocenters. The Balaban J connectivity index is 0.000000420. The molecule has 0 atom stereocenters. The van der Waals surface area contributed by atoms with E-state index in [4.69, 9.17) is 11.6 Å². The second-order valence-electron chi connectivity index (χ2n) is 5.62. The van der Waals surface area contributed by atoms with E-state index in [0.717, 1.165) is 17.9 Å². The quantitative estimate of drug-likeness (QED) is 0.214. The molecule has 0 heterocycles. The van der Waals surface area contributed by atoms with Gasteiger partial charge in [0.2, 0.25) is 0 Å². The maximum Gasteiger partial charge on any atom is -0.0253 e. The average molecular weight is 520 g/mol. The van der Waals surface area contributed by atoms with E-state index in [1.165, 1.54) is 46.5 Å². The van der Waals surface area contributed by atoms with Gasteiger partial charge in [-0.3, -0.25) is 6.08 Å². The van der Waals surface area contributed by atoms with Crippen LogP contribution in [0.3, 0.4) is 0 Å². The molecule has 0 amide bonds. The first-order valence-electron chi connectivity index (χ1n) is 8.61. The van der Waals surface area contributed by atoms with Gasteiger partial charge in [0.1, 0.15) is 0 Å². The van der Waals surface area contributed by atoms with Gasteiger partial charge < -0.3 is 0 Å². The van der Waals surface area contributed by atoms with E-state index >= 15 is 0 Å². The van der Waals surface area contributed by atoms with Crippen molar-refractivity contribution in [3.05, 3.63) is 119 Å². The first kappa shape index (κ1) is 27.8. The van der Waals surface area contributed by atoms with Gasteiger partial charge in [0.25, 0.3) is 0 Å². The van der Waals surface area contributed by atoms with Crippen LogP contribution in [0.25, 0.3) is 11.1 Å². The second-order valence-corrected chi connectivity index (χ2v) is 6.05. The molecule has 0 aromatic heterocycles. The molecule has 4 heteroatoms. The van der Waals surface area contributed by atoms with Crippen molar-refractivity contribution in [3.8, 4) is 11.1 Å². The van der Waals surface area contributed by atoms with Crippen molar-refractivity contribution in [2.75, 3.05) is 0 Å². The van der Waals surface area contributed by atoms with Crippen LogP contribution in [0.5, 0.6) is 0 Å². The number of hydrogen-bond donors (Lipinski definition) is 0. The number of allylic oxidation sites excluding steroid dienone is 4. The molecule has 0 aliphatic heterocycles. The van der Waals surface area contributed by atoms with Gasteiger partial charge in [-0.05, 0) is 6.42 Å². The Labute approximate surface area is 206 Å². The molecule has 0 saturated carbocycles. The van der Waals surface area contributed by atoms with Crippen molar-refractivity contribution in [1.29, 1.82) is 0 Å². The number of fused-ring (bicyclic) bond motifs is 3. The van der Waals surface area contributed by atoms with E-state index in [-0.39, 0.29) is 24.8 Å². The summed E-state index contributed by atoms with van der Waals surface area (Å²) in [4.78, 5) is 0. The summed E-state index contributed by atoms with van der Waals surface area (Å²) >= 11 is 6.82. The third-order valence-electron chi connectivity index (χ3n) is 3.88. The zero-order valence-electron chi connectivity index (χ0n) is 15.9. The van der Waals surface area contributed by atoms with Crippen LogP contribution in [-0.2, 0) is 30.7 Å². The Hall–Kier alpha value is -1.24.